The Hall–Kier alpha value is -1.47. The molecule has 68 valence electrons. The molecule has 0 aliphatic heterocycles. The first kappa shape index (κ1) is 10.5. The van der Waals surface area contributed by atoms with Gasteiger partial charge in [0.1, 0.15) is 0 Å². The number of carboxylic acid groups (broad SMARTS) is 1. The lowest BCUT2D eigenvalue weighted by Crippen LogP contribution is -2.33. The third-order valence-corrected chi connectivity index (χ3v) is 1.02. The number of rotatable bonds is 4. The van der Waals surface area contributed by atoms with Crippen LogP contribution in [0.5, 0.6) is 0 Å². The smallest absolute Gasteiger partial charge is 0.333 e. The third kappa shape index (κ3) is 3.08. The molecule has 0 radical (unpaired) electrons. The van der Waals surface area contributed by atoms with E-state index < -0.39 is 30.2 Å². The molecule has 0 saturated carbocycles. The van der Waals surface area contributed by atoms with Gasteiger partial charge in [0.15, 0.2) is 6.10 Å². The molecule has 0 rings (SSSR count). The molecule has 0 fully saturated rings. The van der Waals surface area contributed by atoms with Gasteiger partial charge < -0.3 is 10.2 Å². The van der Waals surface area contributed by atoms with E-state index in [0.29, 0.717) is 0 Å². The van der Waals surface area contributed by atoms with Crippen molar-refractivity contribution in [3.63, 3.8) is 0 Å². The predicted octanol–water partition coefficient (Wildman–Crippen LogP) is -2.10. The van der Waals surface area contributed by atoms with Crippen LogP contribution in [-0.4, -0.2) is 39.2 Å². The van der Waals surface area contributed by atoms with Gasteiger partial charge in [0, 0.05) is 0 Å². The number of ketones is 1. The number of carbonyl (C=O) groups is 3. The van der Waals surface area contributed by atoms with Crippen molar-refractivity contribution in [2.24, 2.45) is 0 Å². The largest absolute Gasteiger partial charge is 0.479 e. The van der Waals surface area contributed by atoms with Gasteiger partial charge in [-0.05, 0) is 0 Å². The second-order valence-corrected chi connectivity index (χ2v) is 1.92. The maximum atomic E-state index is 10.5. The summed E-state index contributed by atoms with van der Waals surface area (Å²) in [6, 6.07) is 0. The maximum Gasteiger partial charge on any atom is 0.333 e. The molecule has 0 aromatic rings. The topological polar surface area (TPSA) is 124 Å². The Balaban J connectivity index is 4.01. The number of Topliss-reactive ketones (excluding diaryl/α,β-unsaturated/α-hetero) is 1. The van der Waals surface area contributed by atoms with Crippen molar-refractivity contribution in [2.75, 3.05) is 0 Å². The molecular weight excluding hydrogens is 170 g/mol. The fraction of sp³-hybridized carbons (Fsp3) is 0.400. The predicted molar refractivity (Wildman–Crippen MR) is 33.2 cm³/mol. The van der Waals surface area contributed by atoms with Crippen molar-refractivity contribution in [1.82, 2.24) is 5.48 Å². The quantitative estimate of drug-likeness (QED) is 0.221. The molecule has 7 nitrogen and oxygen atoms in total. The molecular formula is C5H7NO6. The molecule has 0 aliphatic rings. The summed E-state index contributed by atoms with van der Waals surface area (Å²) in [6.07, 6.45) is -2.78. The number of carboxylic acids is 1. The number of aliphatic carboxylic acids is 1. The lowest BCUT2D eigenvalue weighted by molar-refractivity contribution is -0.151. The van der Waals surface area contributed by atoms with E-state index in [4.69, 9.17) is 15.4 Å². The van der Waals surface area contributed by atoms with Crippen molar-refractivity contribution < 1.29 is 29.8 Å². The molecule has 0 heterocycles. The van der Waals surface area contributed by atoms with Crippen LogP contribution in [0.2, 0.25) is 0 Å². The molecule has 0 bridgehead atoms. The summed E-state index contributed by atoms with van der Waals surface area (Å²) in [5.41, 5.74) is 1.02. The first-order chi connectivity index (χ1) is 5.49. The van der Waals surface area contributed by atoms with Gasteiger partial charge in [-0.3, -0.25) is 14.8 Å². The fourth-order valence-electron chi connectivity index (χ4n) is 0.418. The van der Waals surface area contributed by atoms with Gasteiger partial charge >= 0.3 is 11.9 Å². The van der Waals surface area contributed by atoms with Crippen molar-refractivity contribution >= 4 is 17.7 Å². The average molecular weight is 177 g/mol. The first-order valence-electron chi connectivity index (χ1n) is 2.87. The van der Waals surface area contributed by atoms with E-state index in [9.17, 15) is 14.4 Å². The van der Waals surface area contributed by atoms with Crippen LogP contribution in [0.25, 0.3) is 0 Å². The molecule has 1 atom stereocenters. The average Bonchev–Trinajstić information content (AvgIpc) is 2.02. The van der Waals surface area contributed by atoms with Crippen LogP contribution in [0.1, 0.15) is 6.42 Å². The second kappa shape index (κ2) is 4.42. The van der Waals surface area contributed by atoms with E-state index in [-0.39, 0.29) is 0 Å². The number of hydrogen-bond acceptors (Lipinski definition) is 5. The monoisotopic (exact) mass is 177 g/mol. The maximum absolute atomic E-state index is 10.5. The molecule has 12 heavy (non-hydrogen) atoms. The van der Waals surface area contributed by atoms with Crippen molar-refractivity contribution in [2.45, 2.75) is 12.5 Å². The molecule has 1 amide bonds. The number of carbonyl (C=O) groups excluding carboxylic acids is 2. The Bertz CT molecular complexity index is 212. The standard InChI is InChI=1S/C5H7NO6/c7-2(4(9)6-12)1-3(8)5(10)11/h3,8,12H,1H2,(H,6,9)(H,10,11). The second-order valence-electron chi connectivity index (χ2n) is 1.92. The van der Waals surface area contributed by atoms with Crippen LogP contribution in [0.4, 0.5) is 0 Å². The molecule has 0 aromatic heterocycles. The zero-order valence-corrected chi connectivity index (χ0v) is 5.85. The molecule has 0 aliphatic carbocycles. The van der Waals surface area contributed by atoms with Crippen molar-refractivity contribution in [3.05, 3.63) is 0 Å². The number of hydrogen-bond donors (Lipinski definition) is 4. The van der Waals surface area contributed by atoms with Gasteiger partial charge in [0.25, 0.3) is 0 Å². The van der Waals surface area contributed by atoms with E-state index in [1.165, 1.54) is 0 Å². The van der Waals surface area contributed by atoms with Crippen LogP contribution < -0.4 is 5.48 Å². The van der Waals surface area contributed by atoms with Gasteiger partial charge in [-0.2, -0.15) is 0 Å². The SMILES string of the molecule is O=C(CC(O)C(=O)O)C(=O)NO. The highest BCUT2D eigenvalue weighted by atomic mass is 16.5. The number of hydroxylamine groups is 1. The van der Waals surface area contributed by atoms with E-state index in [0.717, 1.165) is 5.48 Å². The van der Waals surface area contributed by atoms with Crippen LogP contribution in [-0.2, 0) is 14.4 Å². The first-order valence-corrected chi connectivity index (χ1v) is 2.87. The summed E-state index contributed by atoms with van der Waals surface area (Å²) in [4.78, 5) is 30.7. The van der Waals surface area contributed by atoms with E-state index in [2.05, 4.69) is 0 Å². The Morgan fingerprint density at radius 1 is 1.33 bits per heavy atom. The Morgan fingerprint density at radius 2 is 1.83 bits per heavy atom. The number of nitrogens with one attached hydrogen (secondary N) is 1. The van der Waals surface area contributed by atoms with Crippen LogP contribution >= 0.6 is 0 Å². The van der Waals surface area contributed by atoms with Gasteiger partial charge in [0.05, 0.1) is 6.42 Å². The zero-order valence-electron chi connectivity index (χ0n) is 5.85. The summed E-state index contributed by atoms with van der Waals surface area (Å²) < 4.78 is 0. The fourth-order valence-corrected chi connectivity index (χ4v) is 0.418. The number of amides is 1. The van der Waals surface area contributed by atoms with Crippen LogP contribution in [0, 0.1) is 0 Å². The number of aliphatic hydroxyl groups is 1. The molecule has 7 heteroatoms. The van der Waals surface area contributed by atoms with Crippen LogP contribution in [0.3, 0.4) is 0 Å². The lowest BCUT2D eigenvalue weighted by atomic mass is 10.2. The lowest BCUT2D eigenvalue weighted by Gasteiger charge is -2.01. The minimum Gasteiger partial charge on any atom is -0.479 e. The molecule has 0 saturated heterocycles. The van der Waals surface area contributed by atoms with E-state index >= 15 is 0 Å². The molecule has 4 N–H and O–H groups in total. The van der Waals surface area contributed by atoms with Gasteiger partial charge in [-0.25, -0.2) is 10.3 Å². The van der Waals surface area contributed by atoms with E-state index in [1.807, 2.05) is 0 Å². The normalized spacial score (nSPS) is 11.8. The molecule has 0 spiro atoms. The Labute approximate surface area is 66.6 Å². The summed E-state index contributed by atoms with van der Waals surface area (Å²) in [6.45, 7) is 0. The highest BCUT2D eigenvalue weighted by molar-refractivity contribution is 6.36. The third-order valence-electron chi connectivity index (χ3n) is 1.02. The summed E-state index contributed by atoms with van der Waals surface area (Å²) in [7, 11) is 0. The van der Waals surface area contributed by atoms with Crippen LogP contribution in [0.15, 0.2) is 0 Å². The minimum absolute atomic E-state index is 0.859. The van der Waals surface area contributed by atoms with Gasteiger partial charge in [-0.15, -0.1) is 0 Å². The summed E-state index contributed by atoms with van der Waals surface area (Å²) >= 11 is 0. The van der Waals surface area contributed by atoms with Crippen molar-refractivity contribution in [1.29, 1.82) is 0 Å². The van der Waals surface area contributed by atoms with Gasteiger partial charge in [0.2, 0.25) is 5.78 Å². The van der Waals surface area contributed by atoms with Crippen molar-refractivity contribution in [3.8, 4) is 0 Å². The minimum atomic E-state index is -1.92. The van der Waals surface area contributed by atoms with E-state index in [1.54, 1.807) is 0 Å². The highest BCUT2D eigenvalue weighted by Crippen LogP contribution is 1.92. The Morgan fingerprint density at radius 3 is 2.17 bits per heavy atom. The highest BCUT2D eigenvalue weighted by Gasteiger charge is 2.22. The zero-order chi connectivity index (χ0) is 9.72. The summed E-state index contributed by atoms with van der Waals surface area (Å²) in [5.74, 6) is -4.16. The molecule has 1 unspecified atom stereocenters. The Kier molecular flexibility index (Phi) is 3.88. The van der Waals surface area contributed by atoms with Gasteiger partial charge in [-0.1, -0.05) is 0 Å². The number of aliphatic hydroxyl groups excluding tert-OH is 1. The summed E-state index contributed by atoms with van der Waals surface area (Å²) in [5, 5.41) is 24.6. The molecule has 0 aromatic carbocycles.